The summed E-state index contributed by atoms with van der Waals surface area (Å²) in [4.78, 5) is 23.7. The van der Waals surface area contributed by atoms with Gasteiger partial charge in [0, 0.05) is 6.42 Å². The van der Waals surface area contributed by atoms with Crippen LogP contribution in [0.5, 0.6) is 11.5 Å². The Kier molecular flexibility index (Phi) is 3.61. The second kappa shape index (κ2) is 5.35. The zero-order chi connectivity index (χ0) is 13.8. The molecule has 0 fully saturated rings. The highest BCUT2D eigenvalue weighted by Crippen LogP contribution is 2.28. The van der Waals surface area contributed by atoms with E-state index in [1.807, 2.05) is 6.07 Å². The Morgan fingerprint density at radius 2 is 1.58 bits per heavy atom. The maximum absolute atomic E-state index is 11.9. The molecular formula is C15H12O4. The van der Waals surface area contributed by atoms with Gasteiger partial charge in [-0.25, -0.2) is 0 Å². The second-order valence-corrected chi connectivity index (χ2v) is 4.09. The molecule has 0 saturated carbocycles. The molecule has 19 heavy (non-hydrogen) atoms. The van der Waals surface area contributed by atoms with Crippen molar-refractivity contribution in [3.63, 3.8) is 0 Å². The number of carbonyl (C=O) groups is 2. The third-order valence-electron chi connectivity index (χ3n) is 2.72. The molecule has 2 N–H and O–H groups in total. The minimum Gasteiger partial charge on any atom is -0.504 e. The van der Waals surface area contributed by atoms with E-state index in [1.54, 1.807) is 24.3 Å². The summed E-state index contributed by atoms with van der Waals surface area (Å²) < 4.78 is 0. The smallest absolute Gasteiger partial charge is 0.232 e. The predicted molar refractivity (Wildman–Crippen MR) is 69.3 cm³/mol. The summed E-state index contributed by atoms with van der Waals surface area (Å²) in [6.45, 7) is 0. The molecule has 0 radical (unpaired) electrons. The molecule has 0 heterocycles. The highest BCUT2D eigenvalue weighted by molar-refractivity contribution is 6.44. The topological polar surface area (TPSA) is 74.6 Å². The van der Waals surface area contributed by atoms with Gasteiger partial charge in [-0.2, -0.15) is 0 Å². The van der Waals surface area contributed by atoms with Crippen LogP contribution in [0.1, 0.15) is 15.9 Å². The molecule has 2 rings (SSSR count). The summed E-state index contributed by atoms with van der Waals surface area (Å²) in [6.07, 6.45) is -0.0330. The fourth-order valence-corrected chi connectivity index (χ4v) is 1.73. The molecular weight excluding hydrogens is 244 g/mol. The number of aromatic hydroxyl groups is 2. The molecule has 0 saturated heterocycles. The lowest BCUT2D eigenvalue weighted by atomic mass is 10.0. The molecule has 4 heteroatoms. The van der Waals surface area contributed by atoms with Crippen LogP contribution in [0.4, 0.5) is 0 Å². The molecule has 2 aromatic carbocycles. The monoisotopic (exact) mass is 256 g/mol. The summed E-state index contributed by atoms with van der Waals surface area (Å²) in [5, 5.41) is 18.9. The Morgan fingerprint density at radius 3 is 2.26 bits per heavy atom. The van der Waals surface area contributed by atoms with E-state index in [-0.39, 0.29) is 12.0 Å². The summed E-state index contributed by atoms with van der Waals surface area (Å²) in [6, 6.07) is 12.8. The lowest BCUT2D eigenvalue weighted by Gasteiger charge is -2.04. The number of hydrogen-bond donors (Lipinski definition) is 2. The molecule has 0 aromatic heterocycles. The van der Waals surface area contributed by atoms with E-state index >= 15 is 0 Å². The summed E-state index contributed by atoms with van der Waals surface area (Å²) in [7, 11) is 0. The Bertz CT molecular complexity index is 617. The first-order valence-corrected chi connectivity index (χ1v) is 5.72. The van der Waals surface area contributed by atoms with Gasteiger partial charge in [0.1, 0.15) is 0 Å². The van der Waals surface area contributed by atoms with Crippen molar-refractivity contribution in [1.82, 2.24) is 0 Å². The Labute approximate surface area is 109 Å². The lowest BCUT2D eigenvalue weighted by Crippen LogP contribution is -2.16. The van der Waals surface area contributed by atoms with Gasteiger partial charge >= 0.3 is 0 Å². The van der Waals surface area contributed by atoms with Crippen LogP contribution in [0.2, 0.25) is 0 Å². The number of phenols is 2. The van der Waals surface area contributed by atoms with Crippen LogP contribution in [0, 0.1) is 0 Å². The zero-order valence-electron chi connectivity index (χ0n) is 10.0. The molecule has 4 nitrogen and oxygen atoms in total. The number of hydrogen-bond acceptors (Lipinski definition) is 4. The summed E-state index contributed by atoms with van der Waals surface area (Å²) in [5.41, 5.74) is 0.543. The summed E-state index contributed by atoms with van der Waals surface area (Å²) >= 11 is 0. The minimum atomic E-state index is -0.808. The quantitative estimate of drug-likeness (QED) is 0.499. The SMILES string of the molecule is O=C(Cc1ccccc1)C(=O)c1cccc(O)c1O. The van der Waals surface area contributed by atoms with Gasteiger partial charge < -0.3 is 10.2 Å². The van der Waals surface area contributed by atoms with E-state index in [4.69, 9.17) is 0 Å². The maximum Gasteiger partial charge on any atom is 0.232 e. The molecule has 96 valence electrons. The van der Waals surface area contributed by atoms with Gasteiger partial charge in [-0.15, -0.1) is 0 Å². The second-order valence-electron chi connectivity index (χ2n) is 4.09. The fraction of sp³-hybridized carbons (Fsp3) is 0.0667. The molecule has 0 unspecified atom stereocenters. The fourth-order valence-electron chi connectivity index (χ4n) is 1.73. The van der Waals surface area contributed by atoms with Crippen molar-refractivity contribution in [2.24, 2.45) is 0 Å². The van der Waals surface area contributed by atoms with Gasteiger partial charge in [0.25, 0.3) is 0 Å². The van der Waals surface area contributed by atoms with Gasteiger partial charge in [0.2, 0.25) is 11.6 Å². The van der Waals surface area contributed by atoms with Gasteiger partial charge in [0.05, 0.1) is 5.56 Å². The molecule has 0 amide bonds. The van der Waals surface area contributed by atoms with Gasteiger partial charge in [0.15, 0.2) is 11.5 Å². The lowest BCUT2D eigenvalue weighted by molar-refractivity contribution is -0.114. The van der Waals surface area contributed by atoms with Crippen LogP contribution in [-0.2, 0) is 11.2 Å². The van der Waals surface area contributed by atoms with Gasteiger partial charge in [-0.05, 0) is 17.7 Å². The van der Waals surface area contributed by atoms with Gasteiger partial charge in [-0.1, -0.05) is 36.4 Å². The molecule has 0 aliphatic carbocycles. The maximum atomic E-state index is 11.9. The van der Waals surface area contributed by atoms with E-state index in [9.17, 15) is 19.8 Å². The third kappa shape index (κ3) is 2.80. The summed E-state index contributed by atoms with van der Waals surface area (Å²) in [5.74, 6) is -2.42. The Morgan fingerprint density at radius 1 is 0.895 bits per heavy atom. The molecule has 0 aliphatic rings. The number of benzene rings is 2. The number of para-hydroxylation sites is 1. The first kappa shape index (κ1) is 12.8. The van der Waals surface area contributed by atoms with Crippen molar-refractivity contribution < 1.29 is 19.8 Å². The zero-order valence-corrected chi connectivity index (χ0v) is 10.0. The number of phenolic OH excluding ortho intramolecular Hbond substituents is 2. The Hall–Kier alpha value is -2.62. The van der Waals surface area contributed by atoms with Crippen LogP contribution in [-0.4, -0.2) is 21.8 Å². The number of Topliss-reactive ketones (excluding diaryl/α,β-unsaturated/α-hetero) is 2. The first-order chi connectivity index (χ1) is 9.09. The van der Waals surface area contributed by atoms with E-state index in [1.165, 1.54) is 18.2 Å². The van der Waals surface area contributed by atoms with Crippen LogP contribution in [0.15, 0.2) is 48.5 Å². The van der Waals surface area contributed by atoms with Crippen LogP contribution in [0.25, 0.3) is 0 Å². The van der Waals surface area contributed by atoms with E-state index in [0.29, 0.717) is 0 Å². The highest BCUT2D eigenvalue weighted by Gasteiger charge is 2.21. The number of ketones is 2. The number of rotatable bonds is 4. The van der Waals surface area contributed by atoms with E-state index < -0.39 is 23.1 Å². The van der Waals surface area contributed by atoms with Crippen LogP contribution < -0.4 is 0 Å². The minimum absolute atomic E-state index is 0.0330. The average Bonchev–Trinajstić information content (AvgIpc) is 2.42. The normalized spacial score (nSPS) is 10.1. The number of carbonyl (C=O) groups excluding carboxylic acids is 2. The van der Waals surface area contributed by atoms with Crippen molar-refractivity contribution in [3.8, 4) is 11.5 Å². The van der Waals surface area contributed by atoms with Crippen LogP contribution in [0.3, 0.4) is 0 Å². The van der Waals surface area contributed by atoms with Crippen molar-refractivity contribution in [1.29, 1.82) is 0 Å². The highest BCUT2D eigenvalue weighted by atomic mass is 16.3. The molecule has 0 spiro atoms. The third-order valence-corrected chi connectivity index (χ3v) is 2.72. The molecule has 2 aromatic rings. The molecule has 0 aliphatic heterocycles. The van der Waals surface area contributed by atoms with Crippen molar-refractivity contribution in [3.05, 3.63) is 59.7 Å². The van der Waals surface area contributed by atoms with E-state index in [2.05, 4.69) is 0 Å². The van der Waals surface area contributed by atoms with Crippen molar-refractivity contribution >= 4 is 11.6 Å². The molecule has 0 atom stereocenters. The van der Waals surface area contributed by atoms with Crippen molar-refractivity contribution in [2.75, 3.05) is 0 Å². The Balaban J connectivity index is 2.20. The first-order valence-electron chi connectivity index (χ1n) is 5.72. The standard InChI is InChI=1S/C15H12O4/c16-12-8-4-7-11(14(12)18)15(19)13(17)9-10-5-2-1-3-6-10/h1-8,16,18H,9H2. The largest absolute Gasteiger partial charge is 0.504 e. The predicted octanol–water partition coefficient (Wildman–Crippen LogP) is 2.09. The van der Waals surface area contributed by atoms with E-state index in [0.717, 1.165) is 5.56 Å². The van der Waals surface area contributed by atoms with Crippen molar-refractivity contribution in [2.45, 2.75) is 6.42 Å². The van der Waals surface area contributed by atoms with Gasteiger partial charge in [-0.3, -0.25) is 9.59 Å². The van der Waals surface area contributed by atoms with Crippen LogP contribution >= 0.6 is 0 Å². The average molecular weight is 256 g/mol. The molecule has 0 bridgehead atoms.